The number of esters is 1. The third-order valence-corrected chi connectivity index (χ3v) is 3.19. The molecule has 0 aliphatic rings. The van der Waals surface area contributed by atoms with Crippen LogP contribution in [0.5, 0.6) is 0 Å². The Labute approximate surface area is 117 Å². The lowest BCUT2D eigenvalue weighted by Crippen LogP contribution is -2.30. The highest BCUT2D eigenvalue weighted by molar-refractivity contribution is 7.92. The summed E-state index contributed by atoms with van der Waals surface area (Å²) in [6.45, 7) is 0.870. The van der Waals surface area contributed by atoms with E-state index in [0.29, 0.717) is 0 Å². The van der Waals surface area contributed by atoms with Crippen molar-refractivity contribution in [3.05, 3.63) is 41.3 Å². The van der Waals surface area contributed by atoms with Crippen LogP contribution in [-0.2, 0) is 19.6 Å². The van der Waals surface area contributed by atoms with Gasteiger partial charge in [0.25, 0.3) is 0 Å². The number of nitriles is 1. The molecule has 0 aromatic heterocycles. The van der Waals surface area contributed by atoms with Crippen LogP contribution in [0.3, 0.4) is 0 Å². The van der Waals surface area contributed by atoms with Crippen LogP contribution in [0.4, 0.5) is 0 Å². The molecule has 0 saturated heterocycles. The van der Waals surface area contributed by atoms with E-state index in [1.54, 1.807) is 30.3 Å². The second kappa shape index (κ2) is 7.43. The first-order chi connectivity index (χ1) is 9.43. The smallest absolute Gasteiger partial charge is 0.322 e. The highest BCUT2D eigenvalue weighted by Gasteiger charge is 2.12. The van der Waals surface area contributed by atoms with E-state index >= 15 is 0 Å². The van der Waals surface area contributed by atoms with Crippen molar-refractivity contribution in [2.45, 2.75) is 13.0 Å². The minimum absolute atomic E-state index is 0.520. The molecular formula is C13H14N2O4S. The van der Waals surface area contributed by atoms with Gasteiger partial charge in [-0.15, -0.1) is 0 Å². The molecule has 1 aromatic rings. The number of rotatable bonds is 6. The third kappa shape index (κ3) is 6.13. The highest BCUT2D eigenvalue weighted by Crippen LogP contribution is 2.02. The molecule has 0 radical (unpaired) electrons. The van der Waals surface area contributed by atoms with E-state index in [1.165, 1.54) is 13.0 Å². The predicted octanol–water partition coefficient (Wildman–Crippen LogP) is 1.03. The van der Waals surface area contributed by atoms with Crippen LogP contribution in [0.25, 0.3) is 6.08 Å². The zero-order chi connectivity index (χ0) is 15.0. The Balaban J connectivity index is 2.53. The van der Waals surface area contributed by atoms with Crippen LogP contribution < -0.4 is 4.72 Å². The fourth-order valence-electron chi connectivity index (χ4n) is 1.21. The first-order valence-electron chi connectivity index (χ1n) is 5.75. The van der Waals surface area contributed by atoms with Crippen LogP contribution in [0.2, 0.25) is 0 Å². The van der Waals surface area contributed by atoms with Crippen molar-refractivity contribution >= 4 is 22.1 Å². The molecule has 1 rings (SSSR count). The van der Waals surface area contributed by atoms with E-state index in [2.05, 4.69) is 9.46 Å². The van der Waals surface area contributed by atoms with Crippen molar-refractivity contribution in [2.24, 2.45) is 0 Å². The van der Waals surface area contributed by atoms with Gasteiger partial charge in [-0.3, -0.25) is 4.79 Å². The normalized spacial score (nSPS) is 12.8. The van der Waals surface area contributed by atoms with Crippen molar-refractivity contribution in [1.29, 1.82) is 5.26 Å². The minimum Gasteiger partial charge on any atom is -0.446 e. The molecule has 0 spiro atoms. The number of sulfonamides is 1. The van der Waals surface area contributed by atoms with Crippen molar-refractivity contribution in [3.8, 4) is 6.07 Å². The van der Waals surface area contributed by atoms with Crippen molar-refractivity contribution in [1.82, 2.24) is 4.72 Å². The van der Waals surface area contributed by atoms with E-state index in [0.717, 1.165) is 11.0 Å². The van der Waals surface area contributed by atoms with Gasteiger partial charge in [0.05, 0.1) is 0 Å². The number of benzene rings is 1. The van der Waals surface area contributed by atoms with Gasteiger partial charge in [0.15, 0.2) is 6.10 Å². The summed E-state index contributed by atoms with van der Waals surface area (Å²) in [4.78, 5) is 11.2. The molecule has 0 saturated carbocycles. The van der Waals surface area contributed by atoms with Crippen LogP contribution in [0.1, 0.15) is 12.5 Å². The topological polar surface area (TPSA) is 96.3 Å². The molecule has 0 unspecified atom stereocenters. The highest BCUT2D eigenvalue weighted by atomic mass is 32.2. The Morgan fingerprint density at radius 2 is 2.10 bits per heavy atom. The molecule has 7 heteroatoms. The molecule has 0 aliphatic carbocycles. The summed E-state index contributed by atoms with van der Waals surface area (Å²) < 4.78 is 29.9. The number of nitrogens with one attached hydrogen (secondary N) is 1. The fraction of sp³-hybridized carbons (Fsp3) is 0.231. The van der Waals surface area contributed by atoms with Gasteiger partial charge in [0, 0.05) is 5.41 Å². The summed E-state index contributed by atoms with van der Waals surface area (Å²) in [6, 6.07) is 10.6. The van der Waals surface area contributed by atoms with Gasteiger partial charge in [-0.1, -0.05) is 30.3 Å². The molecule has 0 amide bonds. The zero-order valence-electron chi connectivity index (χ0n) is 10.8. The zero-order valence-corrected chi connectivity index (χ0v) is 11.6. The fourth-order valence-corrected chi connectivity index (χ4v) is 1.96. The number of ether oxygens (including phenoxy) is 1. The van der Waals surface area contributed by atoms with Crippen LogP contribution in [0.15, 0.2) is 35.7 Å². The lowest BCUT2D eigenvalue weighted by molar-refractivity contribution is -0.144. The van der Waals surface area contributed by atoms with E-state index < -0.39 is 28.6 Å². The first-order valence-corrected chi connectivity index (χ1v) is 7.29. The van der Waals surface area contributed by atoms with Gasteiger partial charge in [-0.2, -0.15) is 5.26 Å². The lowest BCUT2D eigenvalue weighted by Gasteiger charge is -2.06. The molecule has 0 fully saturated rings. The van der Waals surface area contributed by atoms with Gasteiger partial charge in [0.1, 0.15) is 12.6 Å². The van der Waals surface area contributed by atoms with Gasteiger partial charge in [-0.05, 0) is 18.6 Å². The lowest BCUT2D eigenvalue weighted by atomic mass is 10.2. The SMILES string of the molecule is C[C@@H](C#N)OC(=O)CNS(=O)(=O)/C=C/c1ccccc1. The first kappa shape index (κ1) is 15.9. The number of carbonyl (C=O) groups is 1. The average Bonchev–Trinajstić information content (AvgIpc) is 2.44. The van der Waals surface area contributed by atoms with Crippen LogP contribution in [-0.4, -0.2) is 27.0 Å². The Kier molecular flexibility index (Phi) is 5.90. The third-order valence-electron chi connectivity index (χ3n) is 2.15. The Hall–Kier alpha value is -2.17. The minimum atomic E-state index is -3.73. The quantitative estimate of drug-likeness (QED) is 0.790. The average molecular weight is 294 g/mol. The van der Waals surface area contributed by atoms with Crippen molar-refractivity contribution in [3.63, 3.8) is 0 Å². The van der Waals surface area contributed by atoms with Gasteiger partial charge in [0.2, 0.25) is 10.0 Å². The van der Waals surface area contributed by atoms with E-state index in [-0.39, 0.29) is 0 Å². The van der Waals surface area contributed by atoms with E-state index in [9.17, 15) is 13.2 Å². The molecule has 1 atom stereocenters. The summed E-state index contributed by atoms with van der Waals surface area (Å²) in [5.41, 5.74) is 0.721. The number of carbonyl (C=O) groups excluding carboxylic acids is 1. The summed E-state index contributed by atoms with van der Waals surface area (Å²) in [6.07, 6.45) is 0.498. The van der Waals surface area contributed by atoms with Gasteiger partial charge >= 0.3 is 5.97 Å². The molecule has 0 aliphatic heterocycles. The molecule has 0 bridgehead atoms. The van der Waals surface area contributed by atoms with E-state index in [1.807, 2.05) is 6.07 Å². The number of nitrogens with zero attached hydrogens (tertiary/aromatic N) is 1. The molecule has 20 heavy (non-hydrogen) atoms. The molecule has 106 valence electrons. The molecule has 0 heterocycles. The van der Waals surface area contributed by atoms with Crippen molar-refractivity contribution in [2.75, 3.05) is 6.54 Å². The van der Waals surface area contributed by atoms with E-state index in [4.69, 9.17) is 5.26 Å². The molecular weight excluding hydrogens is 280 g/mol. The number of hydrogen-bond donors (Lipinski definition) is 1. The molecule has 1 N–H and O–H groups in total. The Morgan fingerprint density at radius 3 is 2.70 bits per heavy atom. The predicted molar refractivity (Wildman–Crippen MR) is 73.6 cm³/mol. The largest absolute Gasteiger partial charge is 0.446 e. The van der Waals surface area contributed by atoms with Crippen LogP contribution >= 0.6 is 0 Å². The Bertz CT molecular complexity index is 618. The second-order valence-electron chi connectivity index (χ2n) is 3.84. The summed E-state index contributed by atoms with van der Waals surface area (Å²) in [5, 5.41) is 9.41. The maximum atomic E-state index is 11.6. The van der Waals surface area contributed by atoms with Gasteiger partial charge < -0.3 is 4.74 Å². The van der Waals surface area contributed by atoms with Gasteiger partial charge in [-0.25, -0.2) is 13.1 Å². The summed E-state index contributed by atoms with van der Waals surface area (Å²) >= 11 is 0. The van der Waals surface area contributed by atoms with Crippen molar-refractivity contribution < 1.29 is 17.9 Å². The maximum absolute atomic E-state index is 11.6. The second-order valence-corrected chi connectivity index (χ2v) is 5.49. The monoisotopic (exact) mass is 294 g/mol. The standard InChI is InChI=1S/C13H14N2O4S/c1-11(9-14)19-13(16)10-15-20(17,18)8-7-12-5-3-2-4-6-12/h2-8,11,15H,10H2,1H3/b8-7+/t11-/m0/s1. The number of hydrogen-bond acceptors (Lipinski definition) is 5. The Morgan fingerprint density at radius 1 is 1.45 bits per heavy atom. The van der Waals surface area contributed by atoms with Crippen LogP contribution in [0, 0.1) is 11.3 Å². The maximum Gasteiger partial charge on any atom is 0.322 e. The molecule has 6 nitrogen and oxygen atoms in total. The summed E-state index contributed by atoms with van der Waals surface area (Å²) in [5.74, 6) is -0.810. The molecule has 1 aromatic carbocycles. The summed E-state index contributed by atoms with van der Waals surface area (Å²) in [7, 11) is -3.73.